The van der Waals surface area contributed by atoms with E-state index in [9.17, 15) is 13.6 Å². The number of nitrogens with one attached hydrogen (secondary N) is 1. The quantitative estimate of drug-likeness (QED) is 0.866. The Kier molecular flexibility index (Phi) is 2.89. The zero-order valence-corrected chi connectivity index (χ0v) is 10.7. The summed E-state index contributed by atoms with van der Waals surface area (Å²) in [5.74, 6) is -2.12. The molecule has 20 heavy (non-hydrogen) atoms. The van der Waals surface area contributed by atoms with E-state index in [4.69, 9.17) is 0 Å². The fourth-order valence-corrected chi connectivity index (χ4v) is 2.33. The monoisotopic (exact) mass is 274 g/mol. The lowest BCUT2D eigenvalue weighted by molar-refractivity contribution is -0.119. The zero-order chi connectivity index (χ0) is 14.3. The van der Waals surface area contributed by atoms with Crippen molar-refractivity contribution in [3.05, 3.63) is 59.7 Å². The first kappa shape index (κ1) is 12.6. The number of nitrogens with zero attached hydrogens (tertiary/aromatic N) is 1. The van der Waals surface area contributed by atoms with Gasteiger partial charge in [0, 0.05) is 19.2 Å². The summed E-state index contributed by atoms with van der Waals surface area (Å²) in [4.78, 5) is 13.7. The van der Waals surface area contributed by atoms with Crippen molar-refractivity contribution < 1.29 is 13.6 Å². The van der Waals surface area contributed by atoms with E-state index >= 15 is 0 Å². The summed E-state index contributed by atoms with van der Waals surface area (Å²) in [6.07, 6.45) is 0. The van der Waals surface area contributed by atoms with Crippen LogP contribution in [0.15, 0.2) is 42.5 Å². The van der Waals surface area contributed by atoms with Gasteiger partial charge in [-0.15, -0.1) is 0 Å². The second-order valence-corrected chi connectivity index (χ2v) is 4.67. The van der Waals surface area contributed by atoms with Crippen LogP contribution >= 0.6 is 0 Å². The van der Waals surface area contributed by atoms with Gasteiger partial charge in [-0.1, -0.05) is 30.3 Å². The SMILES string of the molecule is CN1C(=O)C(c2ccccc2)Nc2cc(F)c(F)cc21. The first-order valence-electron chi connectivity index (χ1n) is 6.16. The lowest BCUT2D eigenvalue weighted by atomic mass is 10.0. The van der Waals surface area contributed by atoms with Gasteiger partial charge in [-0.05, 0) is 5.56 Å². The highest BCUT2D eigenvalue weighted by molar-refractivity contribution is 6.05. The number of anilines is 2. The molecule has 102 valence electrons. The van der Waals surface area contributed by atoms with Crippen molar-refractivity contribution >= 4 is 17.3 Å². The van der Waals surface area contributed by atoms with E-state index in [1.165, 1.54) is 4.90 Å². The molecule has 0 aromatic heterocycles. The molecule has 0 saturated carbocycles. The molecule has 0 radical (unpaired) electrons. The van der Waals surface area contributed by atoms with Gasteiger partial charge < -0.3 is 10.2 Å². The van der Waals surface area contributed by atoms with Crippen molar-refractivity contribution in [2.75, 3.05) is 17.3 Å². The fourth-order valence-electron chi connectivity index (χ4n) is 2.33. The summed E-state index contributed by atoms with van der Waals surface area (Å²) < 4.78 is 26.6. The van der Waals surface area contributed by atoms with Gasteiger partial charge in [0.1, 0.15) is 6.04 Å². The zero-order valence-electron chi connectivity index (χ0n) is 10.7. The molecular formula is C15H12F2N2O. The average molecular weight is 274 g/mol. The Morgan fingerprint density at radius 1 is 1.10 bits per heavy atom. The largest absolute Gasteiger partial charge is 0.368 e. The standard InChI is InChI=1S/C15H12F2N2O/c1-19-13-8-11(17)10(16)7-12(13)18-14(15(19)20)9-5-3-2-4-6-9/h2-8,14,18H,1H3. The van der Waals surface area contributed by atoms with Crippen LogP contribution in [0, 0.1) is 11.6 Å². The molecule has 1 aliphatic rings. The van der Waals surface area contributed by atoms with Crippen molar-refractivity contribution in [1.29, 1.82) is 0 Å². The third kappa shape index (κ3) is 1.91. The average Bonchev–Trinajstić information content (AvgIpc) is 2.46. The van der Waals surface area contributed by atoms with Crippen LogP contribution in [0.2, 0.25) is 0 Å². The minimum absolute atomic E-state index is 0.213. The van der Waals surface area contributed by atoms with Crippen LogP contribution in [0.3, 0.4) is 0 Å². The third-order valence-corrected chi connectivity index (χ3v) is 3.41. The normalized spacial score (nSPS) is 17.6. The number of fused-ring (bicyclic) bond motifs is 1. The highest BCUT2D eigenvalue weighted by Crippen LogP contribution is 2.36. The van der Waals surface area contributed by atoms with Crippen LogP contribution in [0.5, 0.6) is 0 Å². The van der Waals surface area contributed by atoms with Gasteiger partial charge in [-0.3, -0.25) is 4.79 Å². The smallest absolute Gasteiger partial charge is 0.253 e. The van der Waals surface area contributed by atoms with Crippen molar-refractivity contribution in [1.82, 2.24) is 0 Å². The summed E-state index contributed by atoms with van der Waals surface area (Å²) in [7, 11) is 1.55. The number of benzene rings is 2. The number of amides is 1. The Balaban J connectivity index is 2.07. The van der Waals surface area contributed by atoms with Crippen LogP contribution < -0.4 is 10.2 Å². The van der Waals surface area contributed by atoms with E-state index in [-0.39, 0.29) is 5.91 Å². The van der Waals surface area contributed by atoms with Gasteiger partial charge in [0.15, 0.2) is 11.6 Å². The van der Waals surface area contributed by atoms with Crippen molar-refractivity contribution in [2.45, 2.75) is 6.04 Å². The van der Waals surface area contributed by atoms with Gasteiger partial charge in [0.2, 0.25) is 0 Å². The summed E-state index contributed by atoms with van der Waals surface area (Å²) in [6, 6.07) is 10.6. The molecule has 3 rings (SSSR count). The number of halogens is 2. The molecular weight excluding hydrogens is 262 g/mol. The summed E-state index contributed by atoms with van der Waals surface area (Å²) in [5.41, 5.74) is 1.51. The molecule has 0 fully saturated rings. The number of carbonyl (C=O) groups excluding carboxylic acids is 1. The van der Waals surface area contributed by atoms with E-state index in [0.717, 1.165) is 17.7 Å². The number of rotatable bonds is 1. The summed E-state index contributed by atoms with van der Waals surface area (Å²) >= 11 is 0. The number of hydrogen-bond acceptors (Lipinski definition) is 2. The summed E-state index contributed by atoms with van der Waals surface area (Å²) in [6.45, 7) is 0. The minimum atomic E-state index is -0.969. The Hall–Kier alpha value is -2.43. The predicted molar refractivity (Wildman–Crippen MR) is 72.6 cm³/mol. The van der Waals surface area contributed by atoms with Crippen LogP contribution in [-0.4, -0.2) is 13.0 Å². The maximum Gasteiger partial charge on any atom is 0.253 e. The molecule has 5 heteroatoms. The lowest BCUT2D eigenvalue weighted by Crippen LogP contribution is -2.39. The molecule has 1 atom stereocenters. The molecule has 1 heterocycles. The van der Waals surface area contributed by atoms with E-state index < -0.39 is 17.7 Å². The molecule has 0 aliphatic carbocycles. The fraction of sp³-hybridized carbons (Fsp3) is 0.133. The van der Waals surface area contributed by atoms with Crippen LogP contribution in [0.25, 0.3) is 0 Å². The molecule has 0 spiro atoms. The summed E-state index contributed by atoms with van der Waals surface area (Å²) in [5, 5.41) is 2.96. The molecule has 1 amide bonds. The van der Waals surface area contributed by atoms with Crippen molar-refractivity contribution in [3.8, 4) is 0 Å². The van der Waals surface area contributed by atoms with Crippen LogP contribution in [0.4, 0.5) is 20.2 Å². The molecule has 1 aliphatic heterocycles. The minimum Gasteiger partial charge on any atom is -0.368 e. The number of likely N-dealkylation sites (N-methyl/N-ethyl adjacent to an activating group) is 1. The molecule has 0 bridgehead atoms. The predicted octanol–water partition coefficient (Wildman–Crippen LogP) is 3.09. The second kappa shape index (κ2) is 4.59. The van der Waals surface area contributed by atoms with Crippen LogP contribution in [0.1, 0.15) is 11.6 Å². The molecule has 1 N–H and O–H groups in total. The van der Waals surface area contributed by atoms with E-state index in [1.54, 1.807) is 7.05 Å². The topological polar surface area (TPSA) is 32.3 Å². The second-order valence-electron chi connectivity index (χ2n) is 4.67. The van der Waals surface area contributed by atoms with E-state index in [0.29, 0.717) is 11.4 Å². The van der Waals surface area contributed by atoms with Crippen molar-refractivity contribution in [2.24, 2.45) is 0 Å². The van der Waals surface area contributed by atoms with Gasteiger partial charge in [-0.25, -0.2) is 8.78 Å². The van der Waals surface area contributed by atoms with Gasteiger partial charge in [0.05, 0.1) is 11.4 Å². The van der Waals surface area contributed by atoms with E-state index in [1.807, 2.05) is 30.3 Å². The molecule has 0 saturated heterocycles. The highest BCUT2D eigenvalue weighted by Gasteiger charge is 2.32. The third-order valence-electron chi connectivity index (χ3n) is 3.41. The lowest BCUT2D eigenvalue weighted by Gasteiger charge is -2.33. The van der Waals surface area contributed by atoms with E-state index in [2.05, 4.69) is 5.32 Å². The Labute approximate surface area is 114 Å². The maximum absolute atomic E-state index is 13.3. The molecule has 3 nitrogen and oxygen atoms in total. The Morgan fingerprint density at radius 3 is 2.45 bits per heavy atom. The maximum atomic E-state index is 13.3. The Bertz CT molecular complexity index is 673. The molecule has 2 aromatic rings. The highest BCUT2D eigenvalue weighted by atomic mass is 19.2. The Morgan fingerprint density at radius 2 is 1.75 bits per heavy atom. The van der Waals surface area contributed by atoms with Gasteiger partial charge in [0.25, 0.3) is 5.91 Å². The van der Waals surface area contributed by atoms with Gasteiger partial charge in [-0.2, -0.15) is 0 Å². The van der Waals surface area contributed by atoms with Gasteiger partial charge >= 0.3 is 0 Å². The first-order valence-corrected chi connectivity index (χ1v) is 6.16. The molecule has 2 aromatic carbocycles. The van der Waals surface area contributed by atoms with Crippen LogP contribution in [-0.2, 0) is 4.79 Å². The van der Waals surface area contributed by atoms with Crippen molar-refractivity contribution in [3.63, 3.8) is 0 Å². The first-order chi connectivity index (χ1) is 9.58. The number of carbonyl (C=O) groups is 1. The number of hydrogen-bond donors (Lipinski definition) is 1. The molecule has 1 unspecified atom stereocenters.